The molecule has 0 unspecified atom stereocenters. The number of alkyl halides is 17. The maximum absolute atomic E-state index is 13.0. The molecule has 0 aromatic heterocycles. The first-order valence-corrected chi connectivity index (χ1v) is 5.76. The zero-order chi connectivity index (χ0) is 23.6. The van der Waals surface area contributed by atoms with E-state index in [9.17, 15) is 79.0 Å². The average Bonchev–Trinajstić information content (AvgIpc) is 2.44. The largest absolute Gasteiger partial charge is 0.460 e. The van der Waals surface area contributed by atoms with Crippen LogP contribution in [0.2, 0.25) is 0 Å². The van der Waals surface area contributed by atoms with E-state index in [2.05, 4.69) is 0 Å². The van der Waals surface area contributed by atoms with Crippen LogP contribution in [0.4, 0.5) is 79.0 Å². The van der Waals surface area contributed by atoms with Crippen LogP contribution in [-0.2, 0) is 0 Å². The number of halogens is 18. The lowest BCUT2D eigenvalue weighted by Gasteiger charge is -2.42. The maximum Gasteiger partial charge on any atom is 0.460 e. The van der Waals surface area contributed by atoms with Crippen molar-refractivity contribution in [1.29, 1.82) is 0 Å². The highest BCUT2D eigenvalue weighted by atomic mass is 19.4. The lowest BCUT2D eigenvalue weighted by Crippen LogP contribution is -2.74. The second kappa shape index (κ2) is 6.24. The summed E-state index contributed by atoms with van der Waals surface area (Å²) in [4.78, 5) is 0. The number of allylic oxidation sites excluding steroid dienone is 1. The van der Waals surface area contributed by atoms with E-state index in [0.29, 0.717) is 0 Å². The molecule has 0 radical (unpaired) electrons. The first-order valence-electron chi connectivity index (χ1n) is 5.76. The van der Waals surface area contributed by atoms with Gasteiger partial charge in [-0.15, -0.1) is 0 Å². The van der Waals surface area contributed by atoms with Crippen LogP contribution in [0.5, 0.6) is 0 Å². The summed E-state index contributed by atoms with van der Waals surface area (Å²) >= 11 is 0. The zero-order valence-electron chi connectivity index (χ0n) is 12.0. The van der Waals surface area contributed by atoms with Crippen molar-refractivity contribution in [2.24, 2.45) is 0 Å². The second-order valence-electron chi connectivity index (χ2n) is 4.92. The Kier molecular flexibility index (Phi) is 5.90. The topological polar surface area (TPSA) is 0 Å². The lowest BCUT2D eigenvalue weighted by molar-refractivity contribution is -0.460. The Labute approximate surface area is 140 Å². The number of rotatable bonds is 7. The van der Waals surface area contributed by atoms with E-state index < -0.39 is 53.5 Å². The zero-order valence-corrected chi connectivity index (χ0v) is 12.0. The standard InChI is InChI=1S/C10H2F18/c1-2(11)3(12,13)4(14,15)5(16,17)6(18,19)7(20,21)8(22,23)9(24,25)10(26,27)28/h1H2. The van der Waals surface area contributed by atoms with Crippen molar-refractivity contribution in [3.05, 3.63) is 12.4 Å². The Bertz CT molecular complexity index is 606. The molecule has 0 N–H and O–H groups in total. The molecule has 0 aliphatic carbocycles. The molecule has 0 spiro atoms. The highest BCUT2D eigenvalue weighted by Crippen LogP contribution is 2.64. The maximum atomic E-state index is 13.0. The first kappa shape index (κ1) is 26.5. The minimum absolute atomic E-state index is 1.29. The molecular weight excluding hydrogens is 462 g/mol. The summed E-state index contributed by atoms with van der Waals surface area (Å²) in [5.41, 5.74) is 0. The normalized spacial score (nSPS) is 16.4. The van der Waals surface area contributed by atoms with Crippen LogP contribution in [0.25, 0.3) is 0 Å². The van der Waals surface area contributed by atoms with Crippen LogP contribution >= 0.6 is 0 Å². The molecule has 18 heteroatoms. The minimum atomic E-state index is -8.72. The fourth-order valence-corrected chi connectivity index (χ4v) is 1.33. The van der Waals surface area contributed by atoms with Gasteiger partial charge < -0.3 is 0 Å². The molecule has 0 fully saturated rings. The molecule has 0 aliphatic rings. The van der Waals surface area contributed by atoms with Gasteiger partial charge >= 0.3 is 47.6 Å². The van der Waals surface area contributed by atoms with Crippen molar-refractivity contribution in [1.82, 2.24) is 0 Å². The van der Waals surface area contributed by atoms with Crippen molar-refractivity contribution in [3.63, 3.8) is 0 Å². The Morgan fingerprint density at radius 2 is 0.607 bits per heavy atom. The first-order chi connectivity index (χ1) is 11.7. The molecule has 0 amide bonds. The predicted molar refractivity (Wildman–Crippen MR) is 50.9 cm³/mol. The molecule has 0 nitrogen and oxygen atoms in total. The summed E-state index contributed by atoms with van der Waals surface area (Å²) < 4.78 is 227. The van der Waals surface area contributed by atoms with Crippen molar-refractivity contribution in [3.8, 4) is 0 Å². The highest BCUT2D eigenvalue weighted by Gasteiger charge is 2.95. The summed E-state index contributed by atoms with van der Waals surface area (Å²) in [5.74, 6) is -61.8. The van der Waals surface area contributed by atoms with Gasteiger partial charge in [-0.2, -0.15) is 74.6 Å². The second-order valence-corrected chi connectivity index (χ2v) is 4.92. The molecule has 28 heavy (non-hydrogen) atoms. The summed E-state index contributed by atoms with van der Waals surface area (Å²) in [7, 11) is 0. The number of hydrogen-bond donors (Lipinski definition) is 0. The van der Waals surface area contributed by atoms with Gasteiger partial charge in [0, 0.05) is 0 Å². The summed E-state index contributed by atoms with van der Waals surface area (Å²) in [6, 6.07) is 0. The molecule has 0 rings (SSSR count). The Balaban J connectivity index is 6.76. The van der Waals surface area contributed by atoms with E-state index in [1.165, 1.54) is 6.58 Å². The monoisotopic (exact) mass is 464 g/mol. The summed E-state index contributed by atoms with van der Waals surface area (Å²) in [6.45, 7) is 1.29. The third kappa shape index (κ3) is 2.96. The van der Waals surface area contributed by atoms with E-state index in [0.717, 1.165) is 0 Å². The number of hydrogen-bond acceptors (Lipinski definition) is 0. The molecular formula is C10H2F18. The molecule has 168 valence electrons. The van der Waals surface area contributed by atoms with E-state index >= 15 is 0 Å². The molecule has 0 heterocycles. The van der Waals surface area contributed by atoms with Crippen molar-refractivity contribution in [2.45, 2.75) is 47.6 Å². The molecule has 0 saturated heterocycles. The van der Waals surface area contributed by atoms with Gasteiger partial charge in [-0.1, -0.05) is 6.58 Å². The van der Waals surface area contributed by atoms with Crippen molar-refractivity contribution < 1.29 is 79.0 Å². The third-order valence-electron chi connectivity index (χ3n) is 3.06. The van der Waals surface area contributed by atoms with E-state index in [4.69, 9.17) is 0 Å². The van der Waals surface area contributed by atoms with Gasteiger partial charge in [0.05, 0.1) is 0 Å². The smallest absolute Gasteiger partial charge is 0.206 e. The van der Waals surface area contributed by atoms with E-state index in [-0.39, 0.29) is 0 Å². The van der Waals surface area contributed by atoms with Crippen LogP contribution < -0.4 is 0 Å². The SMILES string of the molecule is C=C(F)C(F)(F)C(F)(F)C(F)(F)C(F)(F)C(F)(F)C(F)(F)C(F)(F)C(F)(F)F. The fourth-order valence-electron chi connectivity index (χ4n) is 1.33. The third-order valence-corrected chi connectivity index (χ3v) is 3.06. The Morgan fingerprint density at radius 1 is 0.393 bits per heavy atom. The van der Waals surface area contributed by atoms with E-state index in [1.54, 1.807) is 0 Å². The van der Waals surface area contributed by atoms with Gasteiger partial charge in [-0.3, -0.25) is 0 Å². The molecule has 0 aromatic carbocycles. The van der Waals surface area contributed by atoms with E-state index in [1.807, 2.05) is 0 Å². The van der Waals surface area contributed by atoms with Gasteiger partial charge in [0.15, 0.2) is 5.83 Å². The molecule has 0 aliphatic heterocycles. The van der Waals surface area contributed by atoms with Gasteiger partial charge in [0.25, 0.3) is 0 Å². The van der Waals surface area contributed by atoms with Gasteiger partial charge in [-0.25, -0.2) is 4.39 Å². The molecule has 0 saturated carbocycles. The van der Waals surface area contributed by atoms with Gasteiger partial charge in [-0.05, 0) is 0 Å². The Morgan fingerprint density at radius 3 is 0.821 bits per heavy atom. The summed E-state index contributed by atoms with van der Waals surface area (Å²) in [5, 5.41) is 0. The molecule has 0 bridgehead atoms. The quantitative estimate of drug-likeness (QED) is 0.379. The predicted octanol–water partition coefficient (Wildman–Crippen LogP) is 6.48. The van der Waals surface area contributed by atoms with Crippen molar-refractivity contribution >= 4 is 0 Å². The Hall–Kier alpha value is -1.52. The van der Waals surface area contributed by atoms with Crippen LogP contribution in [-0.4, -0.2) is 47.6 Å². The fraction of sp³-hybridized carbons (Fsp3) is 0.800. The van der Waals surface area contributed by atoms with Gasteiger partial charge in [0.1, 0.15) is 0 Å². The average molecular weight is 464 g/mol. The highest BCUT2D eigenvalue weighted by molar-refractivity contribution is 5.19. The van der Waals surface area contributed by atoms with Crippen LogP contribution in [0.1, 0.15) is 0 Å². The van der Waals surface area contributed by atoms with Crippen molar-refractivity contribution in [2.75, 3.05) is 0 Å². The van der Waals surface area contributed by atoms with Crippen LogP contribution in [0.3, 0.4) is 0 Å². The van der Waals surface area contributed by atoms with Gasteiger partial charge in [0.2, 0.25) is 0 Å². The summed E-state index contributed by atoms with van der Waals surface area (Å²) in [6.07, 6.45) is -7.81. The van der Waals surface area contributed by atoms with Crippen LogP contribution in [0, 0.1) is 0 Å². The molecule has 0 atom stereocenters. The lowest BCUT2D eigenvalue weighted by atomic mass is 9.89. The minimum Gasteiger partial charge on any atom is -0.206 e. The van der Waals surface area contributed by atoms with Crippen LogP contribution in [0.15, 0.2) is 12.4 Å². The molecule has 0 aromatic rings.